The third-order valence-electron chi connectivity index (χ3n) is 12.4. The monoisotopic (exact) mass is 778 g/mol. The maximum atomic E-state index is 13.8. The summed E-state index contributed by atoms with van der Waals surface area (Å²) in [5, 5.41) is 1.76. The van der Waals surface area contributed by atoms with Gasteiger partial charge in [-0.2, -0.15) is 0 Å². The van der Waals surface area contributed by atoms with Crippen LogP contribution in [0.1, 0.15) is 46.0 Å². The lowest BCUT2D eigenvalue weighted by Crippen LogP contribution is -2.31. The molecule has 2 aliphatic carbocycles. The molecule has 0 N–H and O–H groups in total. The SMILES string of the molecule is CC(=O)n1c2c(c3ccccc31)CC1C(=O)N(c3ccc(S(=O)(=O)c4ccc(N5C(=O)C6Cc7c(n(C(C)=O)c8ccccc78)CC6C5=O)cc4)cc3)C(=O)C1C2. The highest BCUT2D eigenvalue weighted by molar-refractivity contribution is 7.91. The Morgan fingerprint density at radius 3 is 1.18 bits per heavy atom. The van der Waals surface area contributed by atoms with E-state index in [-0.39, 0.29) is 57.6 Å². The average molecular weight is 779 g/mol. The van der Waals surface area contributed by atoms with Crippen LogP contribution in [0.2, 0.25) is 0 Å². The Morgan fingerprint density at radius 2 is 0.825 bits per heavy atom. The first-order chi connectivity index (χ1) is 27.4. The lowest BCUT2D eigenvalue weighted by Gasteiger charge is -2.23. The molecule has 2 fully saturated rings. The first-order valence-corrected chi connectivity index (χ1v) is 20.3. The minimum Gasteiger partial charge on any atom is -0.284 e. The molecule has 0 spiro atoms. The van der Waals surface area contributed by atoms with Crippen molar-refractivity contribution in [3.05, 3.63) is 120 Å². The predicted octanol–water partition coefficient (Wildman–Crippen LogP) is 5.56. The molecule has 4 aliphatic rings. The van der Waals surface area contributed by atoms with Crippen LogP contribution in [0.3, 0.4) is 0 Å². The number of carbonyl (C=O) groups excluding carboxylic acids is 6. The number of aromatic nitrogens is 2. The molecule has 2 saturated heterocycles. The van der Waals surface area contributed by atoms with Crippen molar-refractivity contribution in [1.29, 1.82) is 0 Å². The van der Waals surface area contributed by atoms with Crippen molar-refractivity contribution in [2.75, 3.05) is 9.80 Å². The van der Waals surface area contributed by atoms with Crippen molar-refractivity contribution in [3.63, 3.8) is 0 Å². The van der Waals surface area contributed by atoms with Gasteiger partial charge in [0.15, 0.2) is 0 Å². The molecular formula is C44H34N4O8S. The van der Waals surface area contributed by atoms with Crippen LogP contribution in [0.15, 0.2) is 107 Å². The molecule has 6 aromatic rings. The van der Waals surface area contributed by atoms with Gasteiger partial charge in [0.25, 0.3) is 0 Å². The van der Waals surface area contributed by atoms with E-state index in [1.54, 1.807) is 9.13 Å². The van der Waals surface area contributed by atoms with Gasteiger partial charge in [-0.3, -0.25) is 47.7 Å². The number of anilines is 2. The topological polar surface area (TPSA) is 153 Å². The van der Waals surface area contributed by atoms with Crippen molar-refractivity contribution in [1.82, 2.24) is 9.13 Å². The van der Waals surface area contributed by atoms with Gasteiger partial charge in [0.05, 0.1) is 55.9 Å². The van der Waals surface area contributed by atoms with Crippen LogP contribution in [0, 0.1) is 23.7 Å². The Bertz CT molecular complexity index is 2750. The number of nitrogens with zero attached hydrogens (tertiary/aromatic N) is 4. The zero-order valence-corrected chi connectivity index (χ0v) is 31.7. The fraction of sp³-hybridized carbons (Fsp3) is 0.227. The van der Waals surface area contributed by atoms with E-state index in [0.717, 1.165) is 54.1 Å². The number of rotatable bonds is 4. The molecule has 12 nitrogen and oxygen atoms in total. The molecular weight excluding hydrogens is 745 g/mol. The number of sulfone groups is 1. The van der Waals surface area contributed by atoms with Crippen molar-refractivity contribution in [3.8, 4) is 0 Å². The van der Waals surface area contributed by atoms with E-state index in [4.69, 9.17) is 0 Å². The number of hydrogen-bond donors (Lipinski definition) is 0. The number of fused-ring (bicyclic) bond motifs is 8. The second kappa shape index (κ2) is 12.3. The second-order valence-electron chi connectivity index (χ2n) is 15.4. The zero-order chi connectivity index (χ0) is 39.7. The number of hydrogen-bond acceptors (Lipinski definition) is 8. The Morgan fingerprint density at radius 1 is 0.491 bits per heavy atom. The number of amides is 4. The van der Waals surface area contributed by atoms with E-state index in [1.807, 2.05) is 48.5 Å². The van der Waals surface area contributed by atoms with E-state index < -0.39 is 45.3 Å². The van der Waals surface area contributed by atoms with Crippen LogP contribution in [0.25, 0.3) is 21.8 Å². The maximum absolute atomic E-state index is 13.8. The standard InChI is InChI=1S/C44H34N4O8S/c1-23(49)45-37-9-5-3-7-29(37)31-19-33-35(21-39(31)45)43(53)47(41(33)51)25-11-15-27(16-12-25)57(55,56)28-17-13-26(14-18-28)48-42(52)34-20-32-30-8-4-6-10-38(30)46(24(2)50)40(32)22-36(34)44(48)54/h3-18,33-36H,19-22H2,1-2H3. The van der Waals surface area contributed by atoms with Gasteiger partial charge in [0.1, 0.15) is 0 Å². The highest BCUT2D eigenvalue weighted by atomic mass is 32.2. The zero-order valence-electron chi connectivity index (χ0n) is 30.8. The molecule has 10 rings (SSSR count). The molecule has 57 heavy (non-hydrogen) atoms. The Balaban J connectivity index is 0.878. The number of carbonyl (C=O) groups is 6. The predicted molar refractivity (Wildman–Crippen MR) is 209 cm³/mol. The summed E-state index contributed by atoms with van der Waals surface area (Å²) in [6, 6.07) is 26.2. The molecule has 0 radical (unpaired) electrons. The lowest BCUT2D eigenvalue weighted by atomic mass is 9.79. The summed E-state index contributed by atoms with van der Waals surface area (Å²) in [6.45, 7) is 2.95. The summed E-state index contributed by atoms with van der Waals surface area (Å²) in [6.07, 6.45) is 1.10. The van der Waals surface area contributed by atoms with E-state index in [2.05, 4.69) is 0 Å². The van der Waals surface area contributed by atoms with E-state index in [9.17, 15) is 37.2 Å². The molecule has 4 amide bonds. The highest BCUT2D eigenvalue weighted by Crippen LogP contribution is 2.45. The van der Waals surface area contributed by atoms with Crippen molar-refractivity contribution >= 4 is 78.5 Å². The van der Waals surface area contributed by atoms with E-state index in [1.165, 1.54) is 62.4 Å². The molecule has 0 bridgehead atoms. The van der Waals surface area contributed by atoms with Gasteiger partial charge < -0.3 is 0 Å². The van der Waals surface area contributed by atoms with Gasteiger partial charge in [-0.25, -0.2) is 8.42 Å². The smallest absolute Gasteiger partial charge is 0.238 e. The minimum atomic E-state index is -4.09. The summed E-state index contributed by atoms with van der Waals surface area (Å²) >= 11 is 0. The van der Waals surface area contributed by atoms with Crippen molar-refractivity contribution < 1.29 is 37.2 Å². The molecule has 284 valence electrons. The minimum absolute atomic E-state index is 0.0693. The first-order valence-electron chi connectivity index (χ1n) is 18.8. The van der Waals surface area contributed by atoms with Crippen LogP contribution < -0.4 is 9.80 Å². The third kappa shape index (κ3) is 4.87. The fourth-order valence-corrected chi connectivity index (χ4v) is 11.1. The van der Waals surface area contributed by atoms with Crippen LogP contribution >= 0.6 is 0 Å². The fourth-order valence-electron chi connectivity index (χ4n) is 9.86. The number of imide groups is 2. The molecule has 0 saturated carbocycles. The lowest BCUT2D eigenvalue weighted by molar-refractivity contribution is -0.124. The Kier molecular flexibility index (Phi) is 7.53. The summed E-state index contributed by atoms with van der Waals surface area (Å²) in [5.41, 5.74) is 5.27. The van der Waals surface area contributed by atoms with Gasteiger partial charge in [-0.05, 0) is 84.6 Å². The number of benzene rings is 4. The van der Waals surface area contributed by atoms with Crippen LogP contribution in [0.4, 0.5) is 11.4 Å². The van der Waals surface area contributed by atoms with Gasteiger partial charge in [0.2, 0.25) is 45.3 Å². The molecule has 4 heterocycles. The van der Waals surface area contributed by atoms with Crippen LogP contribution in [0.5, 0.6) is 0 Å². The third-order valence-corrected chi connectivity index (χ3v) is 14.2. The van der Waals surface area contributed by atoms with E-state index in [0.29, 0.717) is 12.8 Å². The largest absolute Gasteiger partial charge is 0.284 e. The summed E-state index contributed by atoms with van der Waals surface area (Å²) in [5.74, 6) is -4.39. The second-order valence-corrected chi connectivity index (χ2v) is 17.3. The van der Waals surface area contributed by atoms with Crippen molar-refractivity contribution in [2.24, 2.45) is 23.7 Å². The number of para-hydroxylation sites is 2. The highest BCUT2D eigenvalue weighted by Gasteiger charge is 2.53. The summed E-state index contributed by atoms with van der Waals surface area (Å²) in [4.78, 5) is 82.6. The Labute approximate surface area is 326 Å². The average Bonchev–Trinajstić information content (AvgIpc) is 3.87. The van der Waals surface area contributed by atoms with Gasteiger partial charge in [-0.1, -0.05) is 36.4 Å². The summed E-state index contributed by atoms with van der Waals surface area (Å²) < 4.78 is 30.8. The quantitative estimate of drug-likeness (QED) is 0.211. The molecule has 4 unspecified atom stereocenters. The van der Waals surface area contributed by atoms with Gasteiger partial charge in [0, 0.05) is 48.8 Å². The molecule has 13 heteroatoms. The van der Waals surface area contributed by atoms with Crippen LogP contribution in [-0.2, 0) is 54.7 Å². The Hall–Kier alpha value is -6.47. The molecule has 4 aromatic carbocycles. The van der Waals surface area contributed by atoms with E-state index >= 15 is 0 Å². The summed E-state index contributed by atoms with van der Waals surface area (Å²) in [7, 11) is -4.09. The van der Waals surface area contributed by atoms with Crippen molar-refractivity contribution in [2.45, 2.75) is 49.3 Å². The normalized spacial score (nSPS) is 21.6. The molecule has 2 aliphatic heterocycles. The van der Waals surface area contributed by atoms with Crippen LogP contribution in [-0.4, -0.2) is 53.0 Å². The van der Waals surface area contributed by atoms with Gasteiger partial charge >= 0.3 is 0 Å². The molecule has 4 atom stereocenters. The van der Waals surface area contributed by atoms with Gasteiger partial charge in [-0.15, -0.1) is 0 Å². The first kappa shape index (κ1) is 35.0. The maximum Gasteiger partial charge on any atom is 0.238 e. The molecule has 2 aromatic heterocycles.